The number of halogens is 2. The summed E-state index contributed by atoms with van der Waals surface area (Å²) < 4.78 is 32.5. The van der Waals surface area contributed by atoms with Crippen LogP contribution in [-0.2, 0) is 9.53 Å². The molecule has 0 radical (unpaired) electrons. The summed E-state index contributed by atoms with van der Waals surface area (Å²) in [4.78, 5) is 29.1. The van der Waals surface area contributed by atoms with Gasteiger partial charge in [-0.3, -0.25) is 9.78 Å². The highest BCUT2D eigenvalue weighted by molar-refractivity contribution is 6.05. The second-order valence-corrected chi connectivity index (χ2v) is 5.96. The summed E-state index contributed by atoms with van der Waals surface area (Å²) in [6, 6.07) is 11.8. The summed E-state index contributed by atoms with van der Waals surface area (Å²) in [5.41, 5.74) is 0.909. The summed E-state index contributed by atoms with van der Waals surface area (Å²) in [5, 5.41) is 2.69. The molecule has 3 aromatic rings. The monoisotopic (exact) mass is 370 g/mol. The predicted molar refractivity (Wildman–Crippen MR) is 96.3 cm³/mol. The third kappa shape index (κ3) is 3.92. The number of esters is 1. The Morgan fingerprint density at radius 3 is 2.44 bits per heavy atom. The zero-order valence-electron chi connectivity index (χ0n) is 14.6. The molecule has 5 nitrogen and oxygen atoms in total. The van der Waals surface area contributed by atoms with Crippen LogP contribution in [0.3, 0.4) is 0 Å². The number of anilines is 1. The molecule has 1 amide bonds. The van der Waals surface area contributed by atoms with Crippen molar-refractivity contribution in [2.24, 2.45) is 0 Å². The van der Waals surface area contributed by atoms with E-state index in [1.807, 2.05) is 0 Å². The van der Waals surface area contributed by atoms with Crippen molar-refractivity contribution in [1.29, 1.82) is 0 Å². The van der Waals surface area contributed by atoms with Crippen molar-refractivity contribution in [2.75, 3.05) is 5.32 Å². The maximum absolute atomic E-state index is 13.7. The van der Waals surface area contributed by atoms with Crippen LogP contribution in [0.15, 0.2) is 48.5 Å². The van der Waals surface area contributed by atoms with Crippen molar-refractivity contribution in [3.63, 3.8) is 0 Å². The van der Waals surface area contributed by atoms with Gasteiger partial charge in [0.1, 0.15) is 17.3 Å². The van der Waals surface area contributed by atoms with Crippen molar-refractivity contribution in [2.45, 2.75) is 20.0 Å². The van der Waals surface area contributed by atoms with E-state index >= 15 is 0 Å². The number of ether oxygens (including phenoxy) is 1. The fraction of sp³-hybridized carbons (Fsp3) is 0.150. The lowest BCUT2D eigenvalue weighted by molar-refractivity contribution is -0.123. The number of nitrogens with zero attached hydrogens (tertiary/aromatic N) is 1. The molecular weight excluding hydrogens is 354 g/mol. The molecule has 7 heteroatoms. The molecule has 3 rings (SSSR count). The van der Waals surface area contributed by atoms with E-state index in [-0.39, 0.29) is 5.56 Å². The first-order chi connectivity index (χ1) is 12.9. The quantitative estimate of drug-likeness (QED) is 0.705. The number of hydrogen-bond acceptors (Lipinski definition) is 4. The van der Waals surface area contributed by atoms with Gasteiger partial charge in [-0.2, -0.15) is 0 Å². The fourth-order valence-electron chi connectivity index (χ4n) is 2.60. The minimum atomic E-state index is -1.26. The third-order valence-electron chi connectivity index (χ3n) is 3.93. The number of amides is 1. The standard InChI is InChI=1S/C20H16F2N2O3/c1-11-10-14(13-6-3-4-9-17(13)23-11)20(26)27-12(2)19(25)24-18-15(21)7-5-8-16(18)22/h3-10,12H,1-2H3,(H,24,25)/t12-/m1/s1. The highest BCUT2D eigenvalue weighted by atomic mass is 19.1. The zero-order valence-corrected chi connectivity index (χ0v) is 14.6. The van der Waals surface area contributed by atoms with Gasteiger partial charge < -0.3 is 10.1 Å². The lowest BCUT2D eigenvalue weighted by Crippen LogP contribution is -2.30. The van der Waals surface area contributed by atoms with Crippen LogP contribution < -0.4 is 5.32 Å². The van der Waals surface area contributed by atoms with Crippen LogP contribution in [0.5, 0.6) is 0 Å². The van der Waals surface area contributed by atoms with E-state index < -0.39 is 35.3 Å². The molecule has 138 valence electrons. The fourth-order valence-corrected chi connectivity index (χ4v) is 2.60. The second-order valence-electron chi connectivity index (χ2n) is 5.96. The minimum absolute atomic E-state index is 0.259. The smallest absolute Gasteiger partial charge is 0.339 e. The van der Waals surface area contributed by atoms with E-state index in [0.717, 1.165) is 12.1 Å². The Balaban J connectivity index is 1.79. The summed E-state index contributed by atoms with van der Waals surface area (Å²) >= 11 is 0. The number of para-hydroxylation sites is 2. The van der Waals surface area contributed by atoms with E-state index in [4.69, 9.17) is 4.74 Å². The SMILES string of the molecule is Cc1cc(C(=O)O[C@H](C)C(=O)Nc2c(F)cccc2F)c2ccccc2n1. The molecule has 0 saturated carbocycles. The highest BCUT2D eigenvalue weighted by Crippen LogP contribution is 2.21. The molecule has 27 heavy (non-hydrogen) atoms. The molecule has 0 aliphatic rings. The molecule has 1 atom stereocenters. The molecule has 0 bridgehead atoms. The Bertz CT molecular complexity index is 1020. The van der Waals surface area contributed by atoms with Gasteiger partial charge in [0.15, 0.2) is 6.10 Å². The van der Waals surface area contributed by atoms with Crippen LogP contribution in [0.2, 0.25) is 0 Å². The summed E-state index contributed by atoms with van der Waals surface area (Å²) in [5.74, 6) is -3.41. The van der Waals surface area contributed by atoms with Gasteiger partial charge in [-0.25, -0.2) is 13.6 Å². The Kier molecular flexibility index (Phi) is 5.12. The van der Waals surface area contributed by atoms with E-state index in [0.29, 0.717) is 16.6 Å². The Morgan fingerprint density at radius 1 is 1.07 bits per heavy atom. The van der Waals surface area contributed by atoms with E-state index in [1.54, 1.807) is 37.3 Å². The topological polar surface area (TPSA) is 68.3 Å². The van der Waals surface area contributed by atoms with Crippen LogP contribution in [0, 0.1) is 18.6 Å². The minimum Gasteiger partial charge on any atom is -0.449 e. The van der Waals surface area contributed by atoms with Crippen LogP contribution >= 0.6 is 0 Å². The summed E-state index contributed by atoms with van der Waals surface area (Å²) in [6.07, 6.45) is -1.26. The number of carbonyl (C=O) groups is 2. The first kappa shape index (κ1) is 18.4. The number of carbonyl (C=O) groups excluding carboxylic acids is 2. The van der Waals surface area contributed by atoms with Gasteiger partial charge in [0.25, 0.3) is 5.91 Å². The maximum Gasteiger partial charge on any atom is 0.339 e. The normalized spacial score (nSPS) is 11.9. The van der Waals surface area contributed by atoms with E-state index in [2.05, 4.69) is 10.3 Å². The number of benzene rings is 2. The number of aryl methyl sites for hydroxylation is 1. The molecule has 0 aliphatic carbocycles. The van der Waals surface area contributed by atoms with E-state index in [9.17, 15) is 18.4 Å². The Labute approximate surface area is 154 Å². The number of fused-ring (bicyclic) bond motifs is 1. The van der Waals surface area contributed by atoms with Crippen molar-refractivity contribution in [3.05, 3.63) is 71.4 Å². The van der Waals surface area contributed by atoms with Gasteiger partial charge in [-0.05, 0) is 38.1 Å². The first-order valence-corrected chi connectivity index (χ1v) is 8.19. The van der Waals surface area contributed by atoms with Crippen LogP contribution in [0.1, 0.15) is 23.0 Å². The molecule has 0 aliphatic heterocycles. The van der Waals surface area contributed by atoms with Crippen molar-refractivity contribution < 1.29 is 23.1 Å². The van der Waals surface area contributed by atoms with Crippen LogP contribution in [0.4, 0.5) is 14.5 Å². The van der Waals surface area contributed by atoms with E-state index in [1.165, 1.54) is 13.0 Å². The molecule has 0 saturated heterocycles. The largest absolute Gasteiger partial charge is 0.449 e. The van der Waals surface area contributed by atoms with Gasteiger partial charge in [0.05, 0.1) is 11.1 Å². The molecule has 0 fully saturated rings. The highest BCUT2D eigenvalue weighted by Gasteiger charge is 2.23. The Morgan fingerprint density at radius 2 is 1.74 bits per heavy atom. The molecule has 0 unspecified atom stereocenters. The number of aromatic nitrogens is 1. The molecule has 2 aromatic carbocycles. The van der Waals surface area contributed by atoms with Crippen molar-refractivity contribution in [1.82, 2.24) is 4.98 Å². The summed E-state index contributed by atoms with van der Waals surface area (Å²) in [6.45, 7) is 3.06. The third-order valence-corrected chi connectivity index (χ3v) is 3.93. The number of rotatable bonds is 4. The van der Waals surface area contributed by atoms with Crippen LogP contribution in [-0.4, -0.2) is 23.0 Å². The predicted octanol–water partition coefficient (Wildman–Crippen LogP) is 4.01. The molecule has 1 heterocycles. The zero-order chi connectivity index (χ0) is 19.6. The lowest BCUT2D eigenvalue weighted by Gasteiger charge is -2.15. The van der Waals surface area contributed by atoms with Crippen molar-refractivity contribution >= 4 is 28.5 Å². The lowest BCUT2D eigenvalue weighted by atomic mass is 10.1. The molecule has 0 spiro atoms. The van der Waals surface area contributed by atoms with Gasteiger partial charge >= 0.3 is 5.97 Å². The molecule has 1 aromatic heterocycles. The number of pyridine rings is 1. The van der Waals surface area contributed by atoms with Crippen molar-refractivity contribution in [3.8, 4) is 0 Å². The number of nitrogens with one attached hydrogen (secondary N) is 1. The average molecular weight is 370 g/mol. The second kappa shape index (κ2) is 7.49. The van der Waals surface area contributed by atoms with Gasteiger partial charge in [-0.15, -0.1) is 0 Å². The molecule has 1 N–H and O–H groups in total. The summed E-state index contributed by atoms with van der Waals surface area (Å²) in [7, 11) is 0. The van der Waals surface area contributed by atoms with Gasteiger partial charge in [-0.1, -0.05) is 24.3 Å². The number of hydrogen-bond donors (Lipinski definition) is 1. The average Bonchev–Trinajstić information content (AvgIpc) is 2.63. The molecular formula is C20H16F2N2O3. The maximum atomic E-state index is 13.7. The van der Waals surface area contributed by atoms with Gasteiger partial charge in [0.2, 0.25) is 0 Å². The Hall–Kier alpha value is -3.35. The first-order valence-electron chi connectivity index (χ1n) is 8.19. The van der Waals surface area contributed by atoms with Crippen LogP contribution in [0.25, 0.3) is 10.9 Å². The van der Waals surface area contributed by atoms with Gasteiger partial charge in [0, 0.05) is 11.1 Å².